The molecule has 1 unspecified atom stereocenters. The van der Waals surface area contributed by atoms with E-state index in [1.165, 1.54) is 11.3 Å². The van der Waals surface area contributed by atoms with Crippen molar-refractivity contribution in [2.24, 2.45) is 0 Å². The molecule has 3 rings (SSSR count). The molecule has 1 atom stereocenters. The largest absolute Gasteiger partial charge is 0.506 e. The van der Waals surface area contributed by atoms with Crippen molar-refractivity contribution < 1.29 is 14.6 Å². The van der Waals surface area contributed by atoms with Crippen LogP contribution in [0.25, 0.3) is 0 Å². The third-order valence-electron chi connectivity index (χ3n) is 3.45. The molecule has 1 amide bonds. The number of ether oxygens (including phenoxy) is 1. The summed E-state index contributed by atoms with van der Waals surface area (Å²) in [5.74, 6) is -0.266. The SMILES string of the molecule is Cc1cccc(O)c1NC(=O)c1csc(C2CCCO2)n1. The van der Waals surface area contributed by atoms with Gasteiger partial charge in [-0.05, 0) is 31.4 Å². The molecule has 2 aromatic rings. The summed E-state index contributed by atoms with van der Waals surface area (Å²) in [6.45, 7) is 2.58. The number of aromatic hydroxyl groups is 1. The number of hydrogen-bond donors (Lipinski definition) is 2. The van der Waals surface area contributed by atoms with Gasteiger partial charge in [0.1, 0.15) is 22.6 Å². The average Bonchev–Trinajstić information content (AvgIpc) is 3.12. The number of amides is 1. The number of carbonyl (C=O) groups excluding carboxylic acids is 1. The summed E-state index contributed by atoms with van der Waals surface area (Å²) in [5, 5.41) is 15.1. The molecule has 1 aliphatic rings. The highest BCUT2D eigenvalue weighted by Crippen LogP contribution is 2.31. The number of benzene rings is 1. The van der Waals surface area contributed by atoms with Gasteiger partial charge in [0.2, 0.25) is 0 Å². The number of aryl methyl sites for hydroxylation is 1. The molecule has 0 radical (unpaired) electrons. The second kappa shape index (κ2) is 5.83. The van der Waals surface area contributed by atoms with Crippen LogP contribution in [0.3, 0.4) is 0 Å². The predicted molar refractivity (Wildman–Crippen MR) is 80.8 cm³/mol. The second-order valence-corrected chi connectivity index (χ2v) is 5.89. The minimum absolute atomic E-state index is 0.0171. The lowest BCUT2D eigenvalue weighted by molar-refractivity contribution is 0.101. The first-order valence-electron chi connectivity index (χ1n) is 6.82. The van der Waals surface area contributed by atoms with Crippen molar-refractivity contribution in [2.75, 3.05) is 11.9 Å². The monoisotopic (exact) mass is 304 g/mol. The van der Waals surface area contributed by atoms with E-state index in [1.54, 1.807) is 17.5 Å². The molecule has 0 aliphatic carbocycles. The molecule has 5 nitrogen and oxygen atoms in total. The molecule has 1 fully saturated rings. The lowest BCUT2D eigenvalue weighted by atomic mass is 10.2. The molecular formula is C15H16N2O3S. The summed E-state index contributed by atoms with van der Waals surface area (Å²) < 4.78 is 5.56. The van der Waals surface area contributed by atoms with E-state index in [0.717, 1.165) is 30.0 Å². The van der Waals surface area contributed by atoms with Gasteiger partial charge in [-0.2, -0.15) is 0 Å². The number of anilines is 1. The zero-order valence-electron chi connectivity index (χ0n) is 11.6. The fraction of sp³-hybridized carbons (Fsp3) is 0.333. The van der Waals surface area contributed by atoms with Crippen molar-refractivity contribution in [3.05, 3.63) is 39.8 Å². The van der Waals surface area contributed by atoms with E-state index in [1.807, 2.05) is 13.0 Å². The van der Waals surface area contributed by atoms with Gasteiger partial charge < -0.3 is 15.2 Å². The number of nitrogens with zero attached hydrogens (tertiary/aromatic N) is 1. The molecule has 21 heavy (non-hydrogen) atoms. The van der Waals surface area contributed by atoms with E-state index in [9.17, 15) is 9.90 Å². The molecule has 1 aromatic carbocycles. The van der Waals surface area contributed by atoms with Crippen LogP contribution in [0.1, 0.15) is 40.0 Å². The fourth-order valence-electron chi connectivity index (χ4n) is 2.30. The van der Waals surface area contributed by atoms with E-state index < -0.39 is 0 Å². The number of para-hydroxylation sites is 1. The third kappa shape index (κ3) is 2.91. The normalized spacial score (nSPS) is 17.9. The molecule has 1 saturated heterocycles. The van der Waals surface area contributed by atoms with Crippen LogP contribution in [0.15, 0.2) is 23.6 Å². The van der Waals surface area contributed by atoms with Crippen molar-refractivity contribution >= 4 is 22.9 Å². The van der Waals surface area contributed by atoms with Crippen molar-refractivity contribution in [3.63, 3.8) is 0 Å². The molecule has 0 saturated carbocycles. The van der Waals surface area contributed by atoms with Gasteiger partial charge in [-0.15, -0.1) is 11.3 Å². The van der Waals surface area contributed by atoms with Gasteiger partial charge in [0.05, 0.1) is 5.69 Å². The first-order chi connectivity index (χ1) is 10.1. The first-order valence-corrected chi connectivity index (χ1v) is 7.70. The van der Waals surface area contributed by atoms with Gasteiger partial charge >= 0.3 is 0 Å². The summed E-state index contributed by atoms with van der Waals surface area (Å²) in [6, 6.07) is 5.11. The topological polar surface area (TPSA) is 71.5 Å². The van der Waals surface area contributed by atoms with E-state index >= 15 is 0 Å². The Morgan fingerprint density at radius 1 is 1.52 bits per heavy atom. The summed E-state index contributed by atoms with van der Waals surface area (Å²) in [5.41, 5.74) is 1.58. The Bertz CT molecular complexity index is 642. The van der Waals surface area contributed by atoms with Crippen LogP contribution in [0.2, 0.25) is 0 Å². The Hall–Kier alpha value is -1.92. The third-order valence-corrected chi connectivity index (χ3v) is 4.39. The number of hydrogen-bond acceptors (Lipinski definition) is 5. The molecule has 110 valence electrons. The van der Waals surface area contributed by atoms with E-state index in [2.05, 4.69) is 10.3 Å². The minimum atomic E-state index is -0.319. The quantitative estimate of drug-likeness (QED) is 0.854. The van der Waals surface area contributed by atoms with E-state index in [-0.39, 0.29) is 17.8 Å². The van der Waals surface area contributed by atoms with Crippen molar-refractivity contribution in [1.29, 1.82) is 0 Å². The molecule has 0 spiro atoms. The summed E-state index contributed by atoms with van der Waals surface area (Å²) in [6.07, 6.45) is 2.00. The molecule has 6 heteroatoms. The highest BCUT2D eigenvalue weighted by atomic mass is 32.1. The molecular weight excluding hydrogens is 288 g/mol. The van der Waals surface area contributed by atoms with Gasteiger partial charge in [-0.1, -0.05) is 12.1 Å². The van der Waals surface area contributed by atoms with Crippen LogP contribution in [0.4, 0.5) is 5.69 Å². The minimum Gasteiger partial charge on any atom is -0.506 e. The number of rotatable bonds is 3. The number of aromatic nitrogens is 1. The Balaban J connectivity index is 1.76. The van der Waals surface area contributed by atoms with Gasteiger partial charge in [0, 0.05) is 12.0 Å². The Kier molecular flexibility index (Phi) is 3.90. The smallest absolute Gasteiger partial charge is 0.275 e. The first kappa shape index (κ1) is 14.0. The average molecular weight is 304 g/mol. The van der Waals surface area contributed by atoms with Crippen molar-refractivity contribution in [2.45, 2.75) is 25.9 Å². The standard InChI is InChI=1S/C15H16N2O3S/c1-9-4-2-5-11(18)13(9)17-14(19)10-8-21-15(16-10)12-6-3-7-20-12/h2,4-5,8,12,18H,3,6-7H2,1H3,(H,17,19). The zero-order chi connectivity index (χ0) is 14.8. The second-order valence-electron chi connectivity index (χ2n) is 5.00. The van der Waals surface area contributed by atoms with Crippen molar-refractivity contribution in [1.82, 2.24) is 4.98 Å². The van der Waals surface area contributed by atoms with E-state index in [4.69, 9.17) is 4.74 Å². The molecule has 2 N–H and O–H groups in total. The Labute approximate surface area is 126 Å². The maximum absolute atomic E-state index is 12.2. The summed E-state index contributed by atoms with van der Waals surface area (Å²) >= 11 is 1.43. The summed E-state index contributed by atoms with van der Waals surface area (Å²) in [7, 11) is 0. The lowest BCUT2D eigenvalue weighted by Gasteiger charge is -2.09. The van der Waals surface area contributed by atoms with Crippen LogP contribution >= 0.6 is 11.3 Å². The van der Waals surface area contributed by atoms with Crippen LogP contribution in [-0.4, -0.2) is 22.6 Å². The maximum Gasteiger partial charge on any atom is 0.275 e. The lowest BCUT2D eigenvalue weighted by Crippen LogP contribution is -2.13. The number of phenolic OH excluding ortho intramolecular Hbond substituents is 1. The highest BCUT2D eigenvalue weighted by Gasteiger charge is 2.22. The molecule has 1 aromatic heterocycles. The van der Waals surface area contributed by atoms with Crippen LogP contribution in [0, 0.1) is 6.92 Å². The van der Waals surface area contributed by atoms with Crippen LogP contribution < -0.4 is 5.32 Å². The molecule has 0 bridgehead atoms. The van der Waals surface area contributed by atoms with Gasteiger partial charge in [0.25, 0.3) is 5.91 Å². The van der Waals surface area contributed by atoms with Gasteiger partial charge in [-0.25, -0.2) is 4.98 Å². The number of thiazole rings is 1. The predicted octanol–water partition coefficient (Wildman–Crippen LogP) is 3.26. The van der Waals surface area contributed by atoms with Crippen LogP contribution in [0.5, 0.6) is 5.75 Å². The van der Waals surface area contributed by atoms with Gasteiger partial charge in [-0.3, -0.25) is 4.79 Å². The number of phenols is 1. The van der Waals surface area contributed by atoms with Crippen molar-refractivity contribution in [3.8, 4) is 5.75 Å². The van der Waals surface area contributed by atoms with Crippen LogP contribution in [-0.2, 0) is 4.74 Å². The highest BCUT2D eigenvalue weighted by molar-refractivity contribution is 7.09. The Morgan fingerprint density at radius 2 is 2.38 bits per heavy atom. The van der Waals surface area contributed by atoms with E-state index in [0.29, 0.717) is 11.4 Å². The zero-order valence-corrected chi connectivity index (χ0v) is 12.4. The molecule has 1 aliphatic heterocycles. The number of carbonyl (C=O) groups is 1. The Morgan fingerprint density at radius 3 is 3.10 bits per heavy atom. The fourth-order valence-corrected chi connectivity index (χ4v) is 3.19. The summed E-state index contributed by atoms with van der Waals surface area (Å²) in [4.78, 5) is 16.6. The number of nitrogens with one attached hydrogen (secondary N) is 1. The van der Waals surface area contributed by atoms with Gasteiger partial charge in [0.15, 0.2) is 0 Å². The maximum atomic E-state index is 12.2. The molecule has 2 heterocycles.